The molecule has 0 aliphatic rings. The molecule has 0 saturated carbocycles. The Hall–Kier alpha value is -1.74. The van der Waals surface area contributed by atoms with Crippen LogP contribution in [0.1, 0.15) is 11.1 Å². The number of carbonyl (C=O) groups is 1. The number of benzene rings is 2. The lowest BCUT2D eigenvalue weighted by Crippen LogP contribution is -2.17. The van der Waals surface area contributed by atoms with Gasteiger partial charge in [-0.15, -0.1) is 0 Å². The third-order valence-electron chi connectivity index (χ3n) is 3.49. The maximum atomic E-state index is 11.5. The van der Waals surface area contributed by atoms with Crippen LogP contribution in [0.2, 0.25) is 10.0 Å². The second kappa shape index (κ2) is 11.4. The number of oxime groups is 1. The summed E-state index contributed by atoms with van der Waals surface area (Å²) in [5.41, 5.74) is 0.759. The van der Waals surface area contributed by atoms with Crippen molar-refractivity contribution in [3.63, 3.8) is 0 Å². The highest BCUT2D eigenvalue weighted by atomic mass is 79.9. The molecule has 2 aromatic carbocycles. The standard InChI is InChI=1S/C19H15Br2Cl2NO5/c1-27-24-17(19(25)26)13-5-3-2-4-11(13)10-29-12-8-14(22)18(15(23)9-12)28-7-6-16(20)21/h2-6,8-9H,7,10H2,1H3,(H,25,26). The Morgan fingerprint density at radius 3 is 2.41 bits per heavy atom. The van der Waals surface area contributed by atoms with Gasteiger partial charge in [-0.2, -0.15) is 0 Å². The van der Waals surface area contributed by atoms with Crippen LogP contribution in [0.4, 0.5) is 0 Å². The van der Waals surface area contributed by atoms with E-state index in [2.05, 4.69) is 41.9 Å². The number of aliphatic carboxylic acids is 1. The first-order chi connectivity index (χ1) is 13.8. The van der Waals surface area contributed by atoms with Crippen LogP contribution in [-0.4, -0.2) is 30.5 Å². The highest BCUT2D eigenvalue weighted by Crippen LogP contribution is 2.37. The highest BCUT2D eigenvalue weighted by molar-refractivity contribution is 9.28. The lowest BCUT2D eigenvalue weighted by molar-refractivity contribution is -0.129. The molecule has 10 heteroatoms. The Kier molecular flexibility index (Phi) is 9.29. The van der Waals surface area contributed by atoms with Crippen molar-refractivity contribution in [2.24, 2.45) is 5.16 Å². The molecule has 0 aromatic heterocycles. The Balaban J connectivity index is 2.20. The summed E-state index contributed by atoms with van der Waals surface area (Å²) >= 11 is 19.0. The van der Waals surface area contributed by atoms with Gasteiger partial charge >= 0.3 is 5.97 Å². The average Bonchev–Trinajstić information content (AvgIpc) is 2.66. The molecule has 29 heavy (non-hydrogen) atoms. The second-order valence-electron chi connectivity index (χ2n) is 5.39. The monoisotopic (exact) mass is 565 g/mol. The molecular formula is C19H15Br2Cl2NO5. The molecule has 0 aliphatic carbocycles. The number of hydrogen-bond acceptors (Lipinski definition) is 5. The summed E-state index contributed by atoms with van der Waals surface area (Å²) in [6.07, 6.45) is 1.75. The van der Waals surface area contributed by atoms with Crippen molar-refractivity contribution in [3.05, 3.63) is 67.0 Å². The van der Waals surface area contributed by atoms with Gasteiger partial charge in [0, 0.05) is 17.7 Å². The van der Waals surface area contributed by atoms with Gasteiger partial charge in [0.15, 0.2) is 11.5 Å². The van der Waals surface area contributed by atoms with Crippen LogP contribution in [0, 0.1) is 0 Å². The van der Waals surface area contributed by atoms with Crippen molar-refractivity contribution >= 4 is 66.7 Å². The summed E-state index contributed by atoms with van der Waals surface area (Å²) in [6.45, 7) is 0.327. The quantitative estimate of drug-likeness (QED) is 0.296. The first-order valence-electron chi connectivity index (χ1n) is 8.02. The summed E-state index contributed by atoms with van der Waals surface area (Å²) < 4.78 is 12.1. The maximum absolute atomic E-state index is 11.5. The third kappa shape index (κ3) is 6.92. The fraction of sp³-hybridized carbons (Fsp3) is 0.158. The van der Waals surface area contributed by atoms with Crippen LogP contribution >= 0.6 is 55.1 Å². The SMILES string of the molecule is CON=C(C(=O)O)c1ccccc1COc1cc(Cl)c(OCC=C(Br)Br)c(Cl)c1. The van der Waals surface area contributed by atoms with E-state index in [4.69, 9.17) is 32.7 Å². The van der Waals surface area contributed by atoms with Crippen LogP contribution in [0.15, 0.2) is 51.0 Å². The minimum Gasteiger partial charge on any atom is -0.489 e. The van der Waals surface area contributed by atoms with Crippen molar-refractivity contribution in [2.75, 3.05) is 13.7 Å². The van der Waals surface area contributed by atoms with Crippen molar-refractivity contribution in [2.45, 2.75) is 6.61 Å². The molecule has 0 aliphatic heterocycles. The number of carboxylic acid groups (broad SMARTS) is 1. The molecule has 2 aromatic rings. The Morgan fingerprint density at radius 1 is 1.17 bits per heavy atom. The van der Waals surface area contributed by atoms with E-state index in [-0.39, 0.29) is 29.0 Å². The van der Waals surface area contributed by atoms with Crippen LogP contribution in [0.25, 0.3) is 0 Å². The molecular weight excluding hydrogens is 553 g/mol. The summed E-state index contributed by atoms with van der Waals surface area (Å²) in [5.74, 6) is -0.477. The Labute approximate surface area is 194 Å². The fourth-order valence-electron chi connectivity index (χ4n) is 2.28. The molecule has 0 fully saturated rings. The normalized spacial score (nSPS) is 11.0. The number of hydrogen-bond donors (Lipinski definition) is 1. The highest BCUT2D eigenvalue weighted by Gasteiger charge is 2.18. The molecule has 0 bridgehead atoms. The smallest absolute Gasteiger partial charge is 0.358 e. The zero-order chi connectivity index (χ0) is 21.4. The number of ether oxygens (including phenoxy) is 2. The van der Waals surface area contributed by atoms with E-state index in [0.717, 1.165) is 3.39 Å². The number of rotatable bonds is 9. The van der Waals surface area contributed by atoms with Crippen LogP contribution < -0.4 is 9.47 Å². The second-order valence-corrected chi connectivity index (χ2v) is 8.98. The average molecular weight is 568 g/mol. The fourth-order valence-corrected chi connectivity index (χ4v) is 3.12. The molecule has 0 unspecified atom stereocenters. The van der Waals surface area contributed by atoms with Crippen molar-refractivity contribution in [1.82, 2.24) is 0 Å². The van der Waals surface area contributed by atoms with Crippen LogP contribution in [0.5, 0.6) is 11.5 Å². The zero-order valence-corrected chi connectivity index (χ0v) is 19.7. The van der Waals surface area contributed by atoms with Gasteiger partial charge in [-0.25, -0.2) is 4.79 Å². The summed E-state index contributed by atoms with van der Waals surface area (Å²) in [7, 11) is 1.28. The summed E-state index contributed by atoms with van der Waals surface area (Å²) in [6, 6.07) is 9.96. The van der Waals surface area contributed by atoms with E-state index in [1.807, 2.05) is 0 Å². The molecule has 1 N–H and O–H groups in total. The predicted molar refractivity (Wildman–Crippen MR) is 120 cm³/mol. The topological polar surface area (TPSA) is 77.4 Å². The molecule has 0 atom stereocenters. The largest absolute Gasteiger partial charge is 0.489 e. The first kappa shape index (κ1) is 23.5. The van der Waals surface area contributed by atoms with E-state index in [1.54, 1.807) is 42.5 Å². The molecule has 154 valence electrons. The van der Waals surface area contributed by atoms with E-state index < -0.39 is 5.97 Å². The molecule has 0 radical (unpaired) electrons. The van der Waals surface area contributed by atoms with Gasteiger partial charge in [-0.3, -0.25) is 0 Å². The van der Waals surface area contributed by atoms with E-state index in [1.165, 1.54) is 7.11 Å². The van der Waals surface area contributed by atoms with Crippen LogP contribution in [-0.2, 0) is 16.2 Å². The number of nitrogens with zero attached hydrogens (tertiary/aromatic N) is 1. The maximum Gasteiger partial charge on any atom is 0.358 e. The lowest BCUT2D eigenvalue weighted by atomic mass is 10.0. The predicted octanol–water partition coefficient (Wildman–Crippen LogP) is 6.02. The van der Waals surface area contributed by atoms with Gasteiger partial charge in [0.25, 0.3) is 0 Å². The molecule has 0 saturated heterocycles. The first-order valence-corrected chi connectivity index (χ1v) is 10.4. The molecule has 2 rings (SSSR count). The van der Waals surface area contributed by atoms with Crippen molar-refractivity contribution in [3.8, 4) is 11.5 Å². The van der Waals surface area contributed by atoms with E-state index in [0.29, 0.717) is 22.6 Å². The minimum atomic E-state index is -1.21. The summed E-state index contributed by atoms with van der Waals surface area (Å²) in [4.78, 5) is 16.1. The van der Waals surface area contributed by atoms with Gasteiger partial charge in [-0.05, 0) is 43.5 Å². The van der Waals surface area contributed by atoms with E-state index >= 15 is 0 Å². The lowest BCUT2D eigenvalue weighted by Gasteiger charge is -2.13. The summed E-state index contributed by atoms with van der Waals surface area (Å²) in [5, 5.41) is 13.5. The van der Waals surface area contributed by atoms with Gasteiger partial charge in [0.1, 0.15) is 26.1 Å². The van der Waals surface area contributed by atoms with Gasteiger partial charge in [-0.1, -0.05) is 52.6 Å². The Morgan fingerprint density at radius 2 is 1.83 bits per heavy atom. The molecule has 0 spiro atoms. The molecule has 6 nitrogen and oxygen atoms in total. The van der Waals surface area contributed by atoms with Gasteiger partial charge in [0.05, 0.1) is 13.4 Å². The number of halogens is 4. The molecule has 0 amide bonds. The van der Waals surface area contributed by atoms with Crippen molar-refractivity contribution < 1.29 is 24.2 Å². The van der Waals surface area contributed by atoms with Gasteiger partial charge < -0.3 is 19.4 Å². The minimum absolute atomic E-state index is 0.0678. The zero-order valence-electron chi connectivity index (χ0n) is 15.0. The number of carboxylic acids is 1. The third-order valence-corrected chi connectivity index (χ3v) is 4.70. The van der Waals surface area contributed by atoms with E-state index in [9.17, 15) is 9.90 Å². The molecule has 0 heterocycles. The van der Waals surface area contributed by atoms with Gasteiger partial charge in [0.2, 0.25) is 0 Å². The van der Waals surface area contributed by atoms with Crippen LogP contribution in [0.3, 0.4) is 0 Å². The Bertz CT molecular complexity index is 923. The van der Waals surface area contributed by atoms with Crippen molar-refractivity contribution in [1.29, 1.82) is 0 Å².